The van der Waals surface area contributed by atoms with E-state index < -0.39 is 0 Å². The Morgan fingerprint density at radius 2 is 1.54 bits per heavy atom. The van der Waals surface area contributed by atoms with Crippen LogP contribution in [-0.4, -0.2) is 28.2 Å². The van der Waals surface area contributed by atoms with Gasteiger partial charge in [-0.25, -0.2) is 0 Å². The van der Waals surface area contributed by atoms with Gasteiger partial charge in [-0.05, 0) is 92.8 Å². The van der Waals surface area contributed by atoms with Gasteiger partial charge in [0.2, 0.25) is 0 Å². The lowest BCUT2D eigenvalue weighted by molar-refractivity contribution is -0.171. The van der Waals surface area contributed by atoms with E-state index in [0.717, 1.165) is 38.5 Å². The van der Waals surface area contributed by atoms with E-state index in [1.165, 1.54) is 12.8 Å². The third kappa shape index (κ3) is 2.19. The Morgan fingerprint density at radius 1 is 0.875 bits per heavy atom. The van der Waals surface area contributed by atoms with Crippen molar-refractivity contribution in [2.45, 2.75) is 84.3 Å². The van der Waals surface area contributed by atoms with Crippen molar-refractivity contribution in [2.75, 3.05) is 0 Å². The Balaban J connectivity index is 1.65. The van der Waals surface area contributed by atoms with Crippen LogP contribution in [0, 0.1) is 40.4 Å². The molecule has 3 nitrogen and oxygen atoms in total. The molecule has 2 N–H and O–H groups in total. The molecule has 4 fully saturated rings. The van der Waals surface area contributed by atoms with Crippen molar-refractivity contribution in [3.63, 3.8) is 0 Å². The highest BCUT2D eigenvalue weighted by Crippen LogP contribution is 2.67. The average molecular weight is 335 g/mol. The molecule has 4 aliphatic rings. The molecule has 9 atom stereocenters. The van der Waals surface area contributed by atoms with Crippen LogP contribution in [-0.2, 0) is 4.79 Å². The van der Waals surface area contributed by atoms with Crippen LogP contribution in [0.5, 0.6) is 0 Å². The number of hydrogen-bond acceptors (Lipinski definition) is 3. The van der Waals surface area contributed by atoms with Crippen LogP contribution in [0.2, 0.25) is 0 Å². The summed E-state index contributed by atoms with van der Waals surface area (Å²) in [4.78, 5) is 12.2. The highest BCUT2D eigenvalue weighted by Gasteiger charge is 2.62. The molecular formula is C21H34O3. The summed E-state index contributed by atoms with van der Waals surface area (Å²) in [7, 11) is 0. The molecule has 0 aromatic heterocycles. The zero-order chi connectivity index (χ0) is 17.3. The van der Waals surface area contributed by atoms with Gasteiger partial charge in [0.25, 0.3) is 0 Å². The predicted molar refractivity (Wildman–Crippen MR) is 93.3 cm³/mol. The van der Waals surface area contributed by atoms with Crippen LogP contribution in [0.1, 0.15) is 72.1 Å². The maximum absolute atomic E-state index is 12.2. The van der Waals surface area contributed by atoms with Gasteiger partial charge < -0.3 is 10.2 Å². The van der Waals surface area contributed by atoms with Crippen molar-refractivity contribution in [2.24, 2.45) is 40.4 Å². The summed E-state index contributed by atoms with van der Waals surface area (Å²) >= 11 is 0. The second kappa shape index (κ2) is 5.54. The summed E-state index contributed by atoms with van der Waals surface area (Å²) in [5.74, 6) is 2.71. The molecule has 4 unspecified atom stereocenters. The van der Waals surface area contributed by atoms with E-state index in [1.807, 2.05) is 0 Å². The molecule has 3 heteroatoms. The first kappa shape index (κ1) is 17.0. The molecule has 4 rings (SSSR count). The van der Waals surface area contributed by atoms with Crippen LogP contribution in [0.4, 0.5) is 0 Å². The first-order valence-electron chi connectivity index (χ1n) is 10.1. The van der Waals surface area contributed by atoms with Crippen LogP contribution in [0.25, 0.3) is 0 Å². The number of aliphatic hydroxyl groups is 2. The van der Waals surface area contributed by atoms with E-state index in [2.05, 4.69) is 13.8 Å². The fourth-order valence-electron chi connectivity index (χ4n) is 7.95. The molecule has 0 aromatic carbocycles. The third-order valence-electron chi connectivity index (χ3n) is 9.14. The van der Waals surface area contributed by atoms with Gasteiger partial charge in [0.05, 0.1) is 12.2 Å². The Kier molecular flexibility index (Phi) is 3.93. The lowest BCUT2D eigenvalue weighted by atomic mass is 9.44. The Bertz CT molecular complexity index is 531. The fraction of sp³-hybridized carbons (Fsp3) is 0.952. The highest BCUT2D eigenvalue weighted by atomic mass is 16.3. The van der Waals surface area contributed by atoms with Gasteiger partial charge in [0, 0.05) is 5.92 Å². The number of rotatable bonds is 1. The van der Waals surface area contributed by atoms with Gasteiger partial charge >= 0.3 is 0 Å². The average Bonchev–Trinajstić information content (AvgIpc) is 2.87. The van der Waals surface area contributed by atoms with E-state index in [1.54, 1.807) is 6.92 Å². The van der Waals surface area contributed by atoms with Gasteiger partial charge in [-0.1, -0.05) is 13.8 Å². The lowest BCUT2D eigenvalue weighted by Gasteiger charge is -2.62. The fourth-order valence-corrected chi connectivity index (χ4v) is 7.95. The van der Waals surface area contributed by atoms with Crippen molar-refractivity contribution in [3.8, 4) is 0 Å². The number of hydrogen-bond donors (Lipinski definition) is 2. The number of carbonyl (C=O) groups is 1. The minimum absolute atomic E-state index is 0.157. The van der Waals surface area contributed by atoms with Gasteiger partial charge in [-0.15, -0.1) is 0 Å². The molecule has 0 saturated heterocycles. The summed E-state index contributed by atoms with van der Waals surface area (Å²) in [6.07, 6.45) is 7.70. The largest absolute Gasteiger partial charge is 0.393 e. The monoisotopic (exact) mass is 334 g/mol. The zero-order valence-electron chi connectivity index (χ0n) is 15.5. The molecule has 0 heterocycles. The predicted octanol–water partition coefficient (Wildman–Crippen LogP) is 3.57. The number of aliphatic hydroxyl groups excluding tert-OH is 2. The molecule has 24 heavy (non-hydrogen) atoms. The lowest BCUT2D eigenvalue weighted by Crippen LogP contribution is -2.58. The Labute approximate surface area is 146 Å². The first-order valence-corrected chi connectivity index (χ1v) is 10.1. The molecule has 4 saturated carbocycles. The summed E-state index contributed by atoms with van der Waals surface area (Å²) in [5, 5.41) is 21.0. The smallest absolute Gasteiger partial charge is 0.133 e. The normalized spacial score (nSPS) is 57.0. The SMILES string of the molecule is CC(=O)[C@H]1CCC2C3C[C@H](O)C4C[C@H](O)CC[C@]4(C)C3CC[C@@]21C. The van der Waals surface area contributed by atoms with Crippen molar-refractivity contribution in [1.29, 1.82) is 0 Å². The molecule has 0 bridgehead atoms. The molecule has 4 aliphatic carbocycles. The van der Waals surface area contributed by atoms with E-state index in [0.29, 0.717) is 23.5 Å². The molecule has 0 aliphatic heterocycles. The zero-order valence-corrected chi connectivity index (χ0v) is 15.5. The van der Waals surface area contributed by atoms with Crippen LogP contribution in [0.3, 0.4) is 0 Å². The van der Waals surface area contributed by atoms with E-state index in [9.17, 15) is 15.0 Å². The summed E-state index contributed by atoms with van der Waals surface area (Å²) < 4.78 is 0. The Hall–Kier alpha value is -0.410. The van der Waals surface area contributed by atoms with E-state index in [4.69, 9.17) is 0 Å². The quantitative estimate of drug-likeness (QED) is 0.771. The van der Waals surface area contributed by atoms with Crippen LogP contribution < -0.4 is 0 Å². The van der Waals surface area contributed by atoms with Crippen molar-refractivity contribution >= 4 is 5.78 Å². The topological polar surface area (TPSA) is 57.5 Å². The third-order valence-corrected chi connectivity index (χ3v) is 9.14. The van der Waals surface area contributed by atoms with Crippen molar-refractivity contribution < 1.29 is 15.0 Å². The molecule has 0 radical (unpaired) electrons. The van der Waals surface area contributed by atoms with E-state index in [-0.39, 0.29) is 34.9 Å². The Morgan fingerprint density at radius 3 is 2.25 bits per heavy atom. The minimum Gasteiger partial charge on any atom is -0.393 e. The minimum atomic E-state index is -0.273. The number of ketones is 1. The van der Waals surface area contributed by atoms with Gasteiger partial charge in [-0.2, -0.15) is 0 Å². The molecule has 136 valence electrons. The van der Waals surface area contributed by atoms with Crippen LogP contribution >= 0.6 is 0 Å². The molecule has 0 aromatic rings. The maximum atomic E-state index is 12.2. The highest BCUT2D eigenvalue weighted by molar-refractivity contribution is 5.79. The van der Waals surface area contributed by atoms with Crippen LogP contribution in [0.15, 0.2) is 0 Å². The van der Waals surface area contributed by atoms with Gasteiger partial charge in [-0.3, -0.25) is 4.79 Å². The number of fused-ring (bicyclic) bond motifs is 5. The van der Waals surface area contributed by atoms with Gasteiger partial charge in [0.1, 0.15) is 5.78 Å². The molecular weight excluding hydrogens is 300 g/mol. The number of Topliss-reactive ketones (excluding diaryl/α,β-unsaturated/α-hetero) is 1. The standard InChI is InChI=1S/C21H34O3/c1-12(22)15-4-5-16-14-11-19(24)18-10-13(23)6-8-21(18,3)17(14)7-9-20(15,16)2/h13-19,23-24H,4-11H2,1-3H3/t13-,14?,15-,16?,17?,18?,19+,20-,21-/m1/s1. The second-order valence-electron chi connectivity index (χ2n) is 10.0. The second-order valence-corrected chi connectivity index (χ2v) is 10.0. The number of carbonyl (C=O) groups excluding carboxylic acids is 1. The molecule has 0 amide bonds. The summed E-state index contributed by atoms with van der Waals surface area (Å²) in [5.41, 5.74) is 0.335. The first-order chi connectivity index (χ1) is 11.3. The maximum Gasteiger partial charge on any atom is 0.133 e. The van der Waals surface area contributed by atoms with Crippen molar-refractivity contribution in [3.05, 3.63) is 0 Å². The summed E-state index contributed by atoms with van der Waals surface area (Å²) in [6.45, 7) is 6.53. The van der Waals surface area contributed by atoms with Gasteiger partial charge in [0.15, 0.2) is 0 Å². The van der Waals surface area contributed by atoms with E-state index >= 15 is 0 Å². The summed E-state index contributed by atoms with van der Waals surface area (Å²) in [6, 6.07) is 0. The molecule has 0 spiro atoms. The van der Waals surface area contributed by atoms with Crippen molar-refractivity contribution in [1.82, 2.24) is 0 Å².